The van der Waals surface area contributed by atoms with E-state index in [1.165, 1.54) is 18.2 Å². The van der Waals surface area contributed by atoms with Crippen molar-refractivity contribution in [3.05, 3.63) is 111 Å². The maximum absolute atomic E-state index is 12.9. The molecule has 1 unspecified atom stereocenters. The van der Waals surface area contributed by atoms with Gasteiger partial charge in [-0.05, 0) is 43.2 Å². The third-order valence-electron chi connectivity index (χ3n) is 5.53. The van der Waals surface area contributed by atoms with Gasteiger partial charge in [-0.15, -0.1) is 0 Å². The normalized spacial score (nSPS) is 16.4. The van der Waals surface area contributed by atoms with E-state index in [4.69, 9.17) is 4.74 Å². The van der Waals surface area contributed by atoms with Gasteiger partial charge < -0.3 is 9.64 Å². The van der Waals surface area contributed by atoms with E-state index in [-0.39, 0.29) is 17.7 Å². The van der Waals surface area contributed by atoms with E-state index in [0.717, 1.165) is 28.3 Å². The van der Waals surface area contributed by atoms with Crippen LogP contribution in [0.25, 0.3) is 0 Å². The number of hydrogen-bond donors (Lipinski definition) is 0. The van der Waals surface area contributed by atoms with Crippen molar-refractivity contribution in [2.24, 2.45) is 0 Å². The van der Waals surface area contributed by atoms with Crippen LogP contribution in [0.3, 0.4) is 0 Å². The largest absolute Gasteiger partial charge is 0.489 e. The maximum Gasteiger partial charge on any atom is 0.416 e. The van der Waals surface area contributed by atoms with Crippen LogP contribution < -0.4 is 10.3 Å². The fourth-order valence-electron chi connectivity index (χ4n) is 3.56. The molecule has 8 heteroatoms. The summed E-state index contributed by atoms with van der Waals surface area (Å²) in [5, 5.41) is 0. The van der Waals surface area contributed by atoms with E-state index in [9.17, 15) is 18.0 Å². The van der Waals surface area contributed by atoms with Gasteiger partial charge in [0.2, 0.25) is 0 Å². The highest BCUT2D eigenvalue weighted by Gasteiger charge is 2.31. The third kappa shape index (κ3) is 5.27. The van der Waals surface area contributed by atoms with Crippen LogP contribution in [0.4, 0.5) is 13.2 Å². The number of nitrogens with zero attached hydrogens (tertiary/aromatic N) is 2. The predicted octanol–water partition coefficient (Wildman–Crippen LogP) is 6.40. The van der Waals surface area contributed by atoms with E-state index < -0.39 is 11.7 Å². The minimum atomic E-state index is -4.37. The summed E-state index contributed by atoms with van der Waals surface area (Å²) < 4.78 is 45.4. The molecule has 172 valence electrons. The number of allylic oxidation sites excluding steroid dienone is 2. The quantitative estimate of drug-likeness (QED) is 0.416. The van der Waals surface area contributed by atoms with Crippen molar-refractivity contribution in [3.63, 3.8) is 0 Å². The lowest BCUT2D eigenvalue weighted by molar-refractivity contribution is -0.137. The highest BCUT2D eigenvalue weighted by atomic mass is 32.2. The number of alkyl halides is 3. The molecule has 0 spiro atoms. The average Bonchev–Trinajstić information content (AvgIpc) is 3.06. The molecule has 2 aromatic carbocycles. The zero-order chi connectivity index (χ0) is 23.6. The van der Waals surface area contributed by atoms with Gasteiger partial charge in [0.05, 0.1) is 5.56 Å². The summed E-state index contributed by atoms with van der Waals surface area (Å²) in [7, 11) is 0. The maximum atomic E-state index is 12.9. The Morgan fingerprint density at radius 3 is 2.30 bits per heavy atom. The van der Waals surface area contributed by atoms with E-state index in [1.54, 1.807) is 28.6 Å². The fourth-order valence-corrected chi connectivity index (χ4v) is 4.81. The van der Waals surface area contributed by atoms with Gasteiger partial charge >= 0.3 is 6.18 Å². The molecule has 0 radical (unpaired) electrons. The van der Waals surface area contributed by atoms with Gasteiger partial charge in [0.15, 0.2) is 5.50 Å². The topological polar surface area (TPSA) is 34.5 Å². The summed E-state index contributed by atoms with van der Waals surface area (Å²) >= 11 is 1.62. The van der Waals surface area contributed by atoms with Crippen molar-refractivity contribution in [1.29, 1.82) is 0 Å². The lowest BCUT2D eigenvalue weighted by Crippen LogP contribution is -2.32. The number of aromatic nitrogens is 1. The fraction of sp³-hybridized carbons (Fsp3) is 0.240. The second-order valence-corrected chi connectivity index (χ2v) is 9.06. The Bertz CT molecular complexity index is 1200. The highest BCUT2D eigenvalue weighted by Crippen LogP contribution is 2.44. The van der Waals surface area contributed by atoms with Crippen LogP contribution >= 0.6 is 11.8 Å². The van der Waals surface area contributed by atoms with Crippen molar-refractivity contribution in [2.75, 3.05) is 0 Å². The Balaban J connectivity index is 1.47. The zero-order valence-electron chi connectivity index (χ0n) is 18.2. The van der Waals surface area contributed by atoms with E-state index in [0.29, 0.717) is 17.9 Å². The number of ether oxygens (including phenoxy) is 1. The molecule has 2 heterocycles. The summed E-state index contributed by atoms with van der Waals surface area (Å²) in [4.78, 5) is 16.3. The van der Waals surface area contributed by atoms with Crippen molar-refractivity contribution < 1.29 is 17.9 Å². The molecule has 1 aromatic heterocycles. The first kappa shape index (κ1) is 23.0. The summed E-state index contributed by atoms with van der Waals surface area (Å²) in [6.45, 7) is 4.85. The molecule has 0 bridgehead atoms. The molecule has 33 heavy (non-hydrogen) atoms. The van der Waals surface area contributed by atoms with Crippen molar-refractivity contribution in [3.8, 4) is 5.75 Å². The number of benzene rings is 2. The molecule has 1 aliphatic rings. The minimum absolute atomic E-state index is 0.0691. The Hall–Kier alpha value is -3.13. The molecule has 1 atom stereocenters. The number of rotatable bonds is 6. The molecule has 0 amide bonds. The summed E-state index contributed by atoms with van der Waals surface area (Å²) in [6, 6.07) is 18.0. The highest BCUT2D eigenvalue weighted by molar-refractivity contribution is 8.03. The SMILES string of the molecule is CC1=C(C)N(Cc2ccccc2)C(n2ccc(OCc3ccc(C(F)(F)F)cc3)cc2=O)S1. The van der Waals surface area contributed by atoms with Gasteiger partial charge in [-0.25, -0.2) is 0 Å². The molecule has 3 aromatic rings. The number of pyridine rings is 1. The smallest absolute Gasteiger partial charge is 0.416 e. The van der Waals surface area contributed by atoms with Crippen LogP contribution in [0.1, 0.15) is 36.0 Å². The van der Waals surface area contributed by atoms with E-state index in [1.807, 2.05) is 25.1 Å². The molecule has 0 saturated carbocycles. The minimum Gasteiger partial charge on any atom is -0.489 e. The van der Waals surface area contributed by atoms with Gasteiger partial charge in [0, 0.05) is 29.4 Å². The number of hydrogen-bond acceptors (Lipinski definition) is 4. The second-order valence-electron chi connectivity index (χ2n) is 7.79. The van der Waals surface area contributed by atoms with Crippen molar-refractivity contribution in [2.45, 2.75) is 38.7 Å². The van der Waals surface area contributed by atoms with Gasteiger partial charge in [-0.3, -0.25) is 9.36 Å². The molecule has 4 nitrogen and oxygen atoms in total. The molecule has 1 aliphatic heterocycles. The summed E-state index contributed by atoms with van der Waals surface area (Å²) in [5.74, 6) is 0.371. The van der Waals surface area contributed by atoms with Crippen LogP contribution in [0, 0.1) is 0 Å². The Morgan fingerprint density at radius 2 is 1.67 bits per heavy atom. The van der Waals surface area contributed by atoms with Gasteiger partial charge in [-0.1, -0.05) is 54.2 Å². The second kappa shape index (κ2) is 9.39. The molecule has 4 rings (SSSR count). The number of thioether (sulfide) groups is 1. The molecule has 0 saturated heterocycles. The monoisotopic (exact) mass is 472 g/mol. The third-order valence-corrected chi connectivity index (χ3v) is 6.87. The van der Waals surface area contributed by atoms with Crippen molar-refractivity contribution in [1.82, 2.24) is 9.47 Å². The van der Waals surface area contributed by atoms with Gasteiger partial charge in [-0.2, -0.15) is 13.2 Å². The first-order chi connectivity index (χ1) is 15.7. The van der Waals surface area contributed by atoms with Crippen LogP contribution in [0.15, 0.2) is 88.3 Å². The van der Waals surface area contributed by atoms with Crippen LogP contribution in [-0.2, 0) is 19.3 Å². The van der Waals surface area contributed by atoms with E-state index >= 15 is 0 Å². The molecule has 0 aliphatic carbocycles. The molecule has 0 fully saturated rings. The van der Waals surface area contributed by atoms with Gasteiger partial charge in [0.25, 0.3) is 5.56 Å². The first-order valence-corrected chi connectivity index (χ1v) is 11.3. The zero-order valence-corrected chi connectivity index (χ0v) is 19.0. The Labute approximate surface area is 194 Å². The standard InChI is InChI=1S/C25H23F3N2O2S/c1-17-18(2)33-24(30(17)15-19-6-4-3-5-7-19)29-13-12-22(14-23(29)31)32-16-20-8-10-21(11-9-20)25(26,27)28/h3-14,24H,15-16H2,1-2H3. The Kier molecular flexibility index (Phi) is 6.56. The lowest BCUT2D eigenvalue weighted by Gasteiger charge is -2.29. The molecular formula is C25H23F3N2O2S. The lowest BCUT2D eigenvalue weighted by atomic mass is 10.1. The van der Waals surface area contributed by atoms with Crippen LogP contribution in [0.2, 0.25) is 0 Å². The van der Waals surface area contributed by atoms with Gasteiger partial charge in [0.1, 0.15) is 12.4 Å². The van der Waals surface area contributed by atoms with Crippen LogP contribution in [-0.4, -0.2) is 9.47 Å². The van der Waals surface area contributed by atoms with E-state index in [2.05, 4.69) is 24.0 Å². The molecule has 0 N–H and O–H groups in total. The predicted molar refractivity (Wildman–Crippen MR) is 123 cm³/mol. The van der Waals surface area contributed by atoms with Crippen molar-refractivity contribution >= 4 is 11.8 Å². The first-order valence-electron chi connectivity index (χ1n) is 10.4. The molecular weight excluding hydrogens is 449 g/mol. The summed E-state index contributed by atoms with van der Waals surface area (Å²) in [6.07, 6.45) is -2.67. The average molecular weight is 473 g/mol. The Morgan fingerprint density at radius 1 is 0.970 bits per heavy atom. The van der Waals surface area contributed by atoms with Crippen LogP contribution in [0.5, 0.6) is 5.75 Å². The number of halogens is 3. The summed E-state index contributed by atoms with van der Waals surface area (Å²) in [5.41, 5.74) is 1.75.